The average Bonchev–Trinajstić information content (AvgIpc) is 2.69. The zero-order valence-electron chi connectivity index (χ0n) is 12.5. The first-order chi connectivity index (χ1) is 10.1. The van der Waals surface area contributed by atoms with Crippen LogP contribution in [0, 0.1) is 0 Å². The van der Waals surface area contributed by atoms with E-state index in [-0.39, 0.29) is 30.6 Å². The molecule has 0 aromatic heterocycles. The van der Waals surface area contributed by atoms with Gasteiger partial charge in [0.25, 0.3) is 0 Å². The highest BCUT2D eigenvalue weighted by atomic mass is 16.4. The van der Waals surface area contributed by atoms with Gasteiger partial charge in [-0.05, 0) is 38.5 Å². The van der Waals surface area contributed by atoms with Crippen LogP contribution < -0.4 is 5.32 Å². The van der Waals surface area contributed by atoms with Gasteiger partial charge in [0, 0.05) is 25.0 Å². The van der Waals surface area contributed by atoms with Gasteiger partial charge in [-0.25, -0.2) is 4.79 Å². The number of carboxylic acids is 1. The molecular formula is C15H26N2O4. The van der Waals surface area contributed by atoms with Crippen LogP contribution in [0.2, 0.25) is 0 Å². The monoisotopic (exact) mass is 298 g/mol. The molecule has 0 spiro atoms. The number of amides is 2. The molecule has 2 aliphatic rings. The lowest BCUT2D eigenvalue weighted by Gasteiger charge is -2.37. The van der Waals surface area contributed by atoms with Crippen molar-refractivity contribution in [3.05, 3.63) is 0 Å². The van der Waals surface area contributed by atoms with Crippen LogP contribution in [0.3, 0.4) is 0 Å². The third-order valence-corrected chi connectivity index (χ3v) is 4.54. The Labute approximate surface area is 125 Å². The summed E-state index contributed by atoms with van der Waals surface area (Å²) in [6.07, 6.45) is 6.83. The van der Waals surface area contributed by atoms with Gasteiger partial charge >= 0.3 is 12.0 Å². The van der Waals surface area contributed by atoms with Crippen LogP contribution in [0.1, 0.15) is 57.8 Å². The molecule has 2 saturated heterocycles. The molecule has 2 heterocycles. The summed E-state index contributed by atoms with van der Waals surface area (Å²) in [7, 11) is 0. The number of nitrogens with one attached hydrogen (secondary N) is 1. The molecule has 2 bridgehead atoms. The number of carboxylic acid groups (broad SMARTS) is 1. The lowest BCUT2D eigenvalue weighted by molar-refractivity contribution is -0.137. The highest BCUT2D eigenvalue weighted by molar-refractivity contribution is 5.75. The number of aliphatic hydroxyl groups is 1. The lowest BCUT2D eigenvalue weighted by Crippen LogP contribution is -2.52. The number of unbranched alkanes of at least 4 members (excludes halogenated alkanes) is 3. The van der Waals surface area contributed by atoms with Gasteiger partial charge in [0.1, 0.15) is 0 Å². The van der Waals surface area contributed by atoms with Gasteiger partial charge in [0.05, 0.1) is 6.10 Å². The highest BCUT2D eigenvalue weighted by Gasteiger charge is 2.42. The van der Waals surface area contributed by atoms with Crippen molar-refractivity contribution in [3.63, 3.8) is 0 Å². The molecule has 0 aromatic carbocycles. The second kappa shape index (κ2) is 7.64. The highest BCUT2D eigenvalue weighted by Crippen LogP contribution is 2.35. The minimum Gasteiger partial charge on any atom is -0.481 e. The van der Waals surface area contributed by atoms with Crippen LogP contribution in [0.25, 0.3) is 0 Å². The Morgan fingerprint density at radius 1 is 1.05 bits per heavy atom. The van der Waals surface area contributed by atoms with Crippen LogP contribution in [-0.2, 0) is 4.79 Å². The predicted molar refractivity (Wildman–Crippen MR) is 78.0 cm³/mol. The molecule has 120 valence electrons. The summed E-state index contributed by atoms with van der Waals surface area (Å²) in [5.41, 5.74) is 0. The summed E-state index contributed by atoms with van der Waals surface area (Å²) < 4.78 is 0. The molecule has 2 aliphatic heterocycles. The molecule has 2 fully saturated rings. The quantitative estimate of drug-likeness (QED) is 0.624. The standard InChI is InChI=1S/C15H26N2O4/c18-13-9-11-6-7-12(10-13)17(11)15(21)16-8-4-2-1-3-5-14(19)20/h11-13,18H,1-10H2,(H,16,21)(H,19,20). The number of nitrogens with zero attached hydrogens (tertiary/aromatic N) is 1. The summed E-state index contributed by atoms with van der Waals surface area (Å²) in [6, 6.07) is 0.406. The molecule has 2 rings (SSSR count). The smallest absolute Gasteiger partial charge is 0.317 e. The van der Waals surface area contributed by atoms with E-state index in [2.05, 4.69) is 5.32 Å². The maximum absolute atomic E-state index is 12.2. The number of rotatable bonds is 7. The normalized spacial score (nSPS) is 27.7. The number of fused-ring (bicyclic) bond motifs is 2. The van der Waals surface area contributed by atoms with E-state index in [1.165, 1.54) is 0 Å². The third kappa shape index (κ3) is 4.59. The van der Waals surface area contributed by atoms with Gasteiger partial charge in [0.15, 0.2) is 0 Å². The number of hydrogen-bond acceptors (Lipinski definition) is 3. The van der Waals surface area contributed by atoms with E-state index in [1.54, 1.807) is 0 Å². The Kier molecular flexibility index (Phi) is 5.85. The fourth-order valence-corrected chi connectivity index (χ4v) is 3.52. The molecular weight excluding hydrogens is 272 g/mol. The van der Waals surface area contributed by atoms with E-state index in [1.807, 2.05) is 4.90 Å². The number of aliphatic carboxylic acids is 1. The van der Waals surface area contributed by atoms with Crippen molar-refractivity contribution in [2.75, 3.05) is 6.54 Å². The largest absolute Gasteiger partial charge is 0.481 e. The number of piperidine rings is 1. The number of carbonyl (C=O) groups is 2. The summed E-state index contributed by atoms with van der Waals surface area (Å²) in [5, 5.41) is 21.2. The van der Waals surface area contributed by atoms with E-state index < -0.39 is 5.97 Å². The van der Waals surface area contributed by atoms with Gasteiger partial charge in [-0.3, -0.25) is 4.79 Å². The fraction of sp³-hybridized carbons (Fsp3) is 0.867. The molecule has 2 unspecified atom stereocenters. The molecule has 0 aromatic rings. The first kappa shape index (κ1) is 16.1. The predicted octanol–water partition coefficient (Wildman–Crippen LogP) is 1.72. The van der Waals surface area contributed by atoms with Crippen molar-refractivity contribution < 1.29 is 19.8 Å². The van der Waals surface area contributed by atoms with E-state index in [0.717, 1.165) is 32.1 Å². The number of hydrogen-bond donors (Lipinski definition) is 3. The molecule has 3 N–H and O–H groups in total. The van der Waals surface area contributed by atoms with E-state index in [4.69, 9.17) is 5.11 Å². The van der Waals surface area contributed by atoms with Crippen molar-refractivity contribution in [2.45, 2.75) is 76.0 Å². The second-order valence-electron chi connectivity index (χ2n) is 6.21. The molecule has 2 atom stereocenters. The maximum atomic E-state index is 12.2. The van der Waals surface area contributed by atoms with Gasteiger partial charge in [0.2, 0.25) is 0 Å². The van der Waals surface area contributed by atoms with Crippen molar-refractivity contribution >= 4 is 12.0 Å². The second-order valence-corrected chi connectivity index (χ2v) is 6.21. The van der Waals surface area contributed by atoms with Crippen molar-refractivity contribution in [2.24, 2.45) is 0 Å². The van der Waals surface area contributed by atoms with Crippen LogP contribution in [0.15, 0.2) is 0 Å². The first-order valence-corrected chi connectivity index (χ1v) is 8.04. The Morgan fingerprint density at radius 3 is 2.29 bits per heavy atom. The summed E-state index contributed by atoms with van der Waals surface area (Å²) in [4.78, 5) is 24.5. The SMILES string of the molecule is O=C(O)CCCCCCNC(=O)N1C2CCC1CC(O)C2. The fourth-order valence-electron chi connectivity index (χ4n) is 3.52. The zero-order valence-corrected chi connectivity index (χ0v) is 12.5. The van der Waals surface area contributed by atoms with Crippen molar-refractivity contribution in [1.82, 2.24) is 10.2 Å². The molecule has 2 amide bonds. The van der Waals surface area contributed by atoms with Gasteiger partial charge in [-0.15, -0.1) is 0 Å². The lowest BCUT2D eigenvalue weighted by atomic mass is 10.0. The minimum absolute atomic E-state index is 0.0000593. The Hall–Kier alpha value is -1.30. The molecule has 0 aliphatic carbocycles. The molecule has 6 heteroatoms. The van der Waals surface area contributed by atoms with Crippen LogP contribution in [0.5, 0.6) is 0 Å². The van der Waals surface area contributed by atoms with Gasteiger partial charge < -0.3 is 20.4 Å². The molecule has 21 heavy (non-hydrogen) atoms. The van der Waals surface area contributed by atoms with Crippen LogP contribution in [-0.4, -0.2) is 51.8 Å². The van der Waals surface area contributed by atoms with E-state index >= 15 is 0 Å². The summed E-state index contributed by atoms with van der Waals surface area (Å²) >= 11 is 0. The molecule has 6 nitrogen and oxygen atoms in total. The topological polar surface area (TPSA) is 89.9 Å². The Morgan fingerprint density at radius 2 is 1.67 bits per heavy atom. The molecule has 0 saturated carbocycles. The number of carbonyl (C=O) groups excluding carboxylic acids is 1. The summed E-state index contributed by atoms with van der Waals surface area (Å²) in [6.45, 7) is 0.643. The van der Waals surface area contributed by atoms with Gasteiger partial charge in [-0.2, -0.15) is 0 Å². The van der Waals surface area contributed by atoms with Crippen molar-refractivity contribution in [3.8, 4) is 0 Å². The van der Waals surface area contributed by atoms with E-state index in [0.29, 0.717) is 25.8 Å². The average molecular weight is 298 g/mol. The van der Waals surface area contributed by atoms with E-state index in [9.17, 15) is 14.7 Å². The van der Waals surface area contributed by atoms with Crippen molar-refractivity contribution in [1.29, 1.82) is 0 Å². The third-order valence-electron chi connectivity index (χ3n) is 4.54. The maximum Gasteiger partial charge on any atom is 0.317 e. The Balaban J connectivity index is 1.59. The van der Waals surface area contributed by atoms with Gasteiger partial charge in [-0.1, -0.05) is 12.8 Å². The number of urea groups is 1. The summed E-state index contributed by atoms with van der Waals surface area (Å²) in [5.74, 6) is -0.744. The van der Waals surface area contributed by atoms with Crippen LogP contribution in [0.4, 0.5) is 4.79 Å². The van der Waals surface area contributed by atoms with Crippen LogP contribution >= 0.6 is 0 Å². The molecule has 0 radical (unpaired) electrons. The number of aliphatic hydroxyl groups excluding tert-OH is 1. The minimum atomic E-state index is -0.744. The Bertz CT molecular complexity index is 361. The first-order valence-electron chi connectivity index (χ1n) is 8.04. The zero-order chi connectivity index (χ0) is 15.2.